The third-order valence-corrected chi connectivity index (χ3v) is 4.38. The van der Waals surface area contributed by atoms with Gasteiger partial charge in [0.05, 0.1) is 19.0 Å². The van der Waals surface area contributed by atoms with Crippen LogP contribution in [0.2, 0.25) is 0 Å². The van der Waals surface area contributed by atoms with E-state index < -0.39 is 0 Å². The number of hydrogen-bond donors (Lipinski definition) is 1. The molecule has 0 saturated carbocycles. The van der Waals surface area contributed by atoms with Gasteiger partial charge in [0, 0.05) is 21.0 Å². The largest absolute Gasteiger partial charge is 0.330 e. The Balaban J connectivity index is 2.23. The minimum Gasteiger partial charge on any atom is -0.330 e. The van der Waals surface area contributed by atoms with Crippen LogP contribution in [0.4, 0.5) is 0 Å². The summed E-state index contributed by atoms with van der Waals surface area (Å²) in [5.74, 6) is 0.740. The van der Waals surface area contributed by atoms with E-state index in [9.17, 15) is 0 Å². The van der Waals surface area contributed by atoms with Gasteiger partial charge >= 0.3 is 0 Å². The molecule has 2 aromatic rings. The summed E-state index contributed by atoms with van der Waals surface area (Å²) in [6.07, 6.45) is 0. The van der Waals surface area contributed by atoms with E-state index in [1.165, 1.54) is 21.2 Å². The lowest BCUT2D eigenvalue weighted by molar-refractivity contribution is -0.909. The minimum absolute atomic E-state index is 0.740. The van der Waals surface area contributed by atoms with E-state index in [0.717, 1.165) is 25.5 Å². The first kappa shape index (κ1) is 12.9. The molecule has 1 unspecified atom stereocenters. The zero-order valence-electron chi connectivity index (χ0n) is 10.4. The van der Waals surface area contributed by atoms with Gasteiger partial charge in [-0.3, -0.25) is 0 Å². The quantitative estimate of drug-likeness (QED) is 0.796. The molecule has 0 spiro atoms. The number of rotatable bonds is 5. The van der Waals surface area contributed by atoms with Gasteiger partial charge in [0.25, 0.3) is 0 Å². The van der Waals surface area contributed by atoms with Crippen LogP contribution in [0.3, 0.4) is 0 Å². The molecule has 3 heteroatoms. The molecule has 1 nitrogen and oxygen atoms in total. The molecule has 0 saturated heterocycles. The van der Waals surface area contributed by atoms with E-state index >= 15 is 0 Å². The molecule has 1 N–H and O–H groups in total. The third-order valence-electron chi connectivity index (χ3n) is 3.20. The zero-order chi connectivity index (χ0) is 12.3. The Labute approximate surface area is 112 Å². The second-order valence-corrected chi connectivity index (χ2v) is 5.77. The molecule has 0 aliphatic rings. The maximum atomic E-state index is 5.84. The first-order chi connectivity index (χ1) is 8.24. The van der Waals surface area contributed by atoms with Gasteiger partial charge in [-0.15, -0.1) is 22.9 Å². The van der Waals surface area contributed by atoms with Gasteiger partial charge in [-0.2, -0.15) is 0 Å². The van der Waals surface area contributed by atoms with E-state index in [0.29, 0.717) is 0 Å². The van der Waals surface area contributed by atoms with Crippen LogP contribution in [0.1, 0.15) is 18.1 Å². The Morgan fingerprint density at radius 1 is 1.35 bits per heavy atom. The first-order valence-corrected chi connectivity index (χ1v) is 7.52. The summed E-state index contributed by atoms with van der Waals surface area (Å²) < 4.78 is 1.40. The van der Waals surface area contributed by atoms with Gasteiger partial charge in [-0.25, -0.2) is 0 Å². The van der Waals surface area contributed by atoms with Gasteiger partial charge in [-0.1, -0.05) is 12.1 Å². The SMILES string of the molecule is CC[NH+](CCCl)Cc1csc2cc(C)ccc12. The van der Waals surface area contributed by atoms with Crippen LogP contribution in [0.15, 0.2) is 23.6 Å². The standard InChI is InChI=1S/C14H18ClNS/c1-3-16(7-6-15)9-12-10-17-14-8-11(2)4-5-13(12)14/h4-5,8,10H,3,6-7,9H2,1-2H3/p+1. The number of thiophene rings is 1. The lowest BCUT2D eigenvalue weighted by Crippen LogP contribution is -3.10. The summed E-state index contributed by atoms with van der Waals surface area (Å²) in [6, 6.07) is 6.73. The van der Waals surface area contributed by atoms with E-state index in [-0.39, 0.29) is 0 Å². The van der Waals surface area contributed by atoms with Crippen molar-refractivity contribution in [3.8, 4) is 0 Å². The van der Waals surface area contributed by atoms with Crippen molar-refractivity contribution in [2.75, 3.05) is 19.0 Å². The van der Waals surface area contributed by atoms with Gasteiger partial charge in [0.1, 0.15) is 6.54 Å². The Hall–Kier alpha value is -0.570. The average molecular weight is 269 g/mol. The van der Waals surface area contributed by atoms with Crippen molar-refractivity contribution in [1.82, 2.24) is 0 Å². The summed E-state index contributed by atoms with van der Waals surface area (Å²) in [4.78, 5) is 1.56. The highest BCUT2D eigenvalue weighted by Crippen LogP contribution is 2.26. The number of halogens is 1. The Morgan fingerprint density at radius 2 is 2.18 bits per heavy atom. The molecule has 1 aromatic carbocycles. The molecule has 1 atom stereocenters. The molecule has 2 rings (SSSR count). The van der Waals surface area contributed by atoms with Gasteiger partial charge in [-0.05, 0) is 25.5 Å². The Kier molecular flexibility index (Phi) is 4.43. The van der Waals surface area contributed by atoms with Crippen molar-refractivity contribution in [3.05, 3.63) is 34.7 Å². The molecule has 92 valence electrons. The van der Waals surface area contributed by atoms with Crippen LogP contribution in [0.5, 0.6) is 0 Å². The smallest absolute Gasteiger partial charge is 0.104 e. The van der Waals surface area contributed by atoms with Crippen LogP contribution in [0.25, 0.3) is 10.1 Å². The first-order valence-electron chi connectivity index (χ1n) is 6.11. The summed E-state index contributed by atoms with van der Waals surface area (Å²) in [6.45, 7) is 7.64. The normalized spacial score (nSPS) is 13.1. The summed E-state index contributed by atoms with van der Waals surface area (Å²) in [5.41, 5.74) is 2.80. The van der Waals surface area contributed by atoms with Crippen molar-refractivity contribution < 1.29 is 4.90 Å². The van der Waals surface area contributed by atoms with Crippen molar-refractivity contribution in [2.45, 2.75) is 20.4 Å². The van der Waals surface area contributed by atoms with E-state index in [4.69, 9.17) is 11.6 Å². The maximum Gasteiger partial charge on any atom is 0.104 e. The van der Waals surface area contributed by atoms with Crippen LogP contribution in [-0.4, -0.2) is 19.0 Å². The second-order valence-electron chi connectivity index (χ2n) is 4.48. The number of benzene rings is 1. The van der Waals surface area contributed by atoms with Crippen molar-refractivity contribution in [2.24, 2.45) is 0 Å². The highest BCUT2D eigenvalue weighted by Gasteiger charge is 2.10. The van der Waals surface area contributed by atoms with Crippen molar-refractivity contribution in [3.63, 3.8) is 0 Å². The van der Waals surface area contributed by atoms with Crippen molar-refractivity contribution >= 4 is 33.0 Å². The second kappa shape index (κ2) is 5.85. The molecule has 0 amide bonds. The fraction of sp³-hybridized carbons (Fsp3) is 0.429. The van der Waals surface area contributed by atoms with Crippen LogP contribution >= 0.6 is 22.9 Å². The van der Waals surface area contributed by atoms with E-state index in [1.54, 1.807) is 4.90 Å². The molecule has 1 aromatic heterocycles. The van der Waals surface area contributed by atoms with Crippen LogP contribution < -0.4 is 4.90 Å². The molecule has 0 aliphatic heterocycles. The van der Waals surface area contributed by atoms with Crippen LogP contribution in [0, 0.1) is 6.92 Å². The minimum atomic E-state index is 0.740. The van der Waals surface area contributed by atoms with Gasteiger partial charge < -0.3 is 4.90 Å². The number of alkyl halides is 1. The fourth-order valence-corrected chi connectivity index (χ4v) is 3.45. The predicted molar refractivity (Wildman–Crippen MR) is 77.4 cm³/mol. The van der Waals surface area contributed by atoms with E-state index in [1.807, 2.05) is 11.3 Å². The molecule has 1 heterocycles. The number of fused-ring (bicyclic) bond motifs is 1. The molecular weight excluding hydrogens is 250 g/mol. The molecule has 0 fully saturated rings. The third kappa shape index (κ3) is 3.01. The lowest BCUT2D eigenvalue weighted by Gasteiger charge is -2.15. The Morgan fingerprint density at radius 3 is 2.88 bits per heavy atom. The monoisotopic (exact) mass is 268 g/mol. The molecular formula is C14H19ClNS+. The summed E-state index contributed by atoms with van der Waals surface area (Å²) in [5, 5.41) is 3.72. The number of aryl methyl sites for hydroxylation is 1. The average Bonchev–Trinajstić information content (AvgIpc) is 2.71. The maximum absolute atomic E-state index is 5.84. The summed E-state index contributed by atoms with van der Waals surface area (Å²) >= 11 is 7.69. The zero-order valence-corrected chi connectivity index (χ0v) is 12.0. The Bertz CT molecular complexity index is 492. The van der Waals surface area contributed by atoms with Crippen LogP contribution in [-0.2, 0) is 6.54 Å². The fourth-order valence-electron chi connectivity index (χ4n) is 2.12. The topological polar surface area (TPSA) is 4.44 Å². The summed E-state index contributed by atoms with van der Waals surface area (Å²) in [7, 11) is 0. The van der Waals surface area contributed by atoms with Crippen molar-refractivity contribution in [1.29, 1.82) is 0 Å². The van der Waals surface area contributed by atoms with Gasteiger partial charge in [0.2, 0.25) is 0 Å². The highest BCUT2D eigenvalue weighted by molar-refractivity contribution is 7.17. The predicted octanol–water partition coefficient (Wildman–Crippen LogP) is 2.85. The number of hydrogen-bond acceptors (Lipinski definition) is 1. The van der Waals surface area contributed by atoms with Gasteiger partial charge in [0.15, 0.2) is 0 Å². The highest BCUT2D eigenvalue weighted by atomic mass is 35.5. The number of nitrogens with one attached hydrogen (secondary N) is 1. The number of quaternary nitrogens is 1. The molecule has 0 bridgehead atoms. The molecule has 17 heavy (non-hydrogen) atoms. The molecule has 0 radical (unpaired) electrons. The molecule has 0 aliphatic carbocycles. The lowest BCUT2D eigenvalue weighted by atomic mass is 10.1. The van der Waals surface area contributed by atoms with E-state index in [2.05, 4.69) is 37.4 Å².